The average molecular weight is 294 g/mol. The van der Waals surface area contributed by atoms with Crippen molar-refractivity contribution in [2.24, 2.45) is 5.73 Å². The quantitative estimate of drug-likeness (QED) is 0.731. The molecule has 0 spiro atoms. The van der Waals surface area contributed by atoms with Gasteiger partial charge in [-0.05, 0) is 24.1 Å². The highest BCUT2D eigenvalue weighted by Crippen LogP contribution is 2.26. The van der Waals surface area contributed by atoms with Crippen LogP contribution < -0.4 is 5.73 Å². The number of nitrogens with two attached hydrogens (primary N) is 1. The zero-order valence-electron chi connectivity index (χ0n) is 10.6. The normalized spacial score (nSPS) is 11.7. The molecule has 0 fully saturated rings. The molecule has 0 bridgehead atoms. The predicted octanol–water partition coefficient (Wildman–Crippen LogP) is 2.98. The number of rotatable bonds is 5. The Bertz CT molecular complexity index is 315. The molecule has 1 rings (SSSR count). The molecule has 5 heteroatoms. The van der Waals surface area contributed by atoms with Gasteiger partial charge in [0.25, 0.3) is 0 Å². The van der Waals surface area contributed by atoms with E-state index in [2.05, 4.69) is 12.7 Å². The van der Waals surface area contributed by atoms with Crippen molar-refractivity contribution in [1.82, 2.24) is 0 Å². The van der Waals surface area contributed by atoms with E-state index in [0.29, 0.717) is 16.5 Å². The molecule has 104 valence electrons. The van der Waals surface area contributed by atoms with Crippen molar-refractivity contribution in [3.8, 4) is 0 Å². The summed E-state index contributed by atoms with van der Waals surface area (Å²) in [5.41, 5.74) is 5.25. The Morgan fingerprint density at radius 3 is 2.22 bits per heavy atom. The Morgan fingerprint density at radius 2 is 1.78 bits per heavy atom. The maximum atomic E-state index is 9.77. The van der Waals surface area contributed by atoms with Crippen LogP contribution in [0.15, 0.2) is 18.2 Å². The highest BCUT2D eigenvalue weighted by Gasteiger charge is 2.10. The minimum atomic E-state index is -0.345. The van der Waals surface area contributed by atoms with E-state index in [0.717, 1.165) is 24.8 Å². The number of hydrogen-bond acceptors (Lipinski definition) is 3. The summed E-state index contributed by atoms with van der Waals surface area (Å²) in [7, 11) is 0. The molecule has 0 heterocycles. The van der Waals surface area contributed by atoms with Crippen molar-refractivity contribution in [3.05, 3.63) is 33.8 Å². The first-order chi connectivity index (χ1) is 8.56. The molecule has 1 aromatic carbocycles. The van der Waals surface area contributed by atoms with Crippen LogP contribution in [0.25, 0.3) is 0 Å². The summed E-state index contributed by atoms with van der Waals surface area (Å²) in [5.74, 6) is 0. The fraction of sp³-hybridized carbons (Fsp3) is 0.538. The van der Waals surface area contributed by atoms with Crippen molar-refractivity contribution in [3.63, 3.8) is 0 Å². The number of hydrogen-bond donors (Lipinski definition) is 3. The third kappa shape index (κ3) is 7.19. The van der Waals surface area contributed by atoms with Gasteiger partial charge in [0.05, 0.1) is 12.8 Å². The van der Waals surface area contributed by atoms with Crippen LogP contribution in [0.4, 0.5) is 0 Å². The fourth-order valence-corrected chi connectivity index (χ4v) is 2.06. The number of unbranched alkanes of at least 4 members (excludes halogenated alkanes) is 1. The lowest BCUT2D eigenvalue weighted by Crippen LogP contribution is -2.10. The Kier molecular flexibility index (Phi) is 10.4. The van der Waals surface area contributed by atoms with Gasteiger partial charge in [-0.15, -0.1) is 0 Å². The molecule has 18 heavy (non-hydrogen) atoms. The third-order valence-corrected chi connectivity index (χ3v) is 3.10. The van der Waals surface area contributed by atoms with Crippen LogP contribution >= 0.6 is 23.2 Å². The van der Waals surface area contributed by atoms with Gasteiger partial charge in [0.15, 0.2) is 0 Å². The summed E-state index contributed by atoms with van der Waals surface area (Å²) in [5, 5.41) is 18.4. The van der Waals surface area contributed by atoms with E-state index < -0.39 is 0 Å². The lowest BCUT2D eigenvalue weighted by Gasteiger charge is -2.12. The second-order valence-corrected chi connectivity index (χ2v) is 4.70. The predicted molar refractivity (Wildman–Crippen MR) is 77.0 cm³/mol. The molecule has 1 aromatic rings. The SMILES string of the molecule is CCCCC(O)Cc1c(Cl)cccc1Cl.NCO. The molecule has 0 saturated carbocycles. The molecule has 4 N–H and O–H groups in total. The van der Waals surface area contributed by atoms with Gasteiger partial charge in [-0.2, -0.15) is 0 Å². The summed E-state index contributed by atoms with van der Waals surface area (Å²) < 4.78 is 0. The molecular formula is C13H21Cl2NO2. The standard InChI is InChI=1S/C12H16Cl2O.CH5NO/c1-2-3-5-9(15)8-10-11(13)6-4-7-12(10)14;2-1-3/h4,6-7,9,15H,2-3,5,8H2,1H3;3H,1-2H2. The Morgan fingerprint density at radius 1 is 1.28 bits per heavy atom. The second-order valence-electron chi connectivity index (χ2n) is 3.88. The number of aliphatic hydroxyl groups is 2. The van der Waals surface area contributed by atoms with Crippen LogP contribution in [0.3, 0.4) is 0 Å². The molecule has 0 saturated heterocycles. The van der Waals surface area contributed by atoms with E-state index in [1.807, 2.05) is 6.07 Å². The summed E-state index contributed by atoms with van der Waals surface area (Å²) in [4.78, 5) is 0. The summed E-state index contributed by atoms with van der Waals surface area (Å²) in [6, 6.07) is 5.41. The van der Waals surface area contributed by atoms with Gasteiger partial charge in [-0.25, -0.2) is 0 Å². The first-order valence-corrected chi connectivity index (χ1v) is 6.74. The highest BCUT2D eigenvalue weighted by atomic mass is 35.5. The van der Waals surface area contributed by atoms with Gasteiger partial charge in [-0.1, -0.05) is 49.0 Å². The molecule has 0 radical (unpaired) electrons. The van der Waals surface area contributed by atoms with E-state index >= 15 is 0 Å². The Hall–Kier alpha value is -0.320. The van der Waals surface area contributed by atoms with E-state index in [4.69, 9.17) is 28.3 Å². The molecule has 0 aliphatic rings. The molecule has 0 aliphatic heterocycles. The summed E-state index contributed by atoms with van der Waals surface area (Å²) in [6.45, 7) is 1.86. The first kappa shape index (κ1) is 17.7. The van der Waals surface area contributed by atoms with Crippen molar-refractivity contribution in [2.75, 3.05) is 6.73 Å². The van der Waals surface area contributed by atoms with Crippen LogP contribution in [0, 0.1) is 0 Å². The van der Waals surface area contributed by atoms with E-state index in [1.165, 1.54) is 0 Å². The summed E-state index contributed by atoms with van der Waals surface area (Å²) in [6.07, 6.45) is 3.12. The van der Waals surface area contributed by atoms with E-state index in [1.54, 1.807) is 12.1 Å². The number of aliphatic hydroxyl groups excluding tert-OH is 2. The van der Waals surface area contributed by atoms with Gasteiger partial charge in [0.2, 0.25) is 0 Å². The van der Waals surface area contributed by atoms with Crippen molar-refractivity contribution in [1.29, 1.82) is 0 Å². The topological polar surface area (TPSA) is 66.5 Å². The third-order valence-electron chi connectivity index (χ3n) is 2.39. The van der Waals surface area contributed by atoms with Crippen molar-refractivity contribution in [2.45, 2.75) is 38.7 Å². The van der Waals surface area contributed by atoms with Gasteiger partial charge in [-0.3, -0.25) is 0 Å². The van der Waals surface area contributed by atoms with E-state index in [9.17, 15) is 5.11 Å². The number of halogens is 2. The molecule has 0 aromatic heterocycles. The second kappa shape index (κ2) is 10.6. The molecule has 0 amide bonds. The van der Waals surface area contributed by atoms with Crippen molar-refractivity contribution < 1.29 is 10.2 Å². The van der Waals surface area contributed by atoms with Crippen LogP contribution in [-0.4, -0.2) is 23.0 Å². The van der Waals surface area contributed by atoms with Gasteiger partial charge in [0.1, 0.15) is 0 Å². The Labute approximate surface area is 119 Å². The molecule has 1 unspecified atom stereocenters. The zero-order valence-corrected chi connectivity index (χ0v) is 12.1. The fourth-order valence-electron chi connectivity index (χ4n) is 1.50. The average Bonchev–Trinajstić information content (AvgIpc) is 2.32. The highest BCUT2D eigenvalue weighted by molar-refractivity contribution is 6.35. The molecule has 3 nitrogen and oxygen atoms in total. The maximum Gasteiger partial charge on any atom is 0.0906 e. The first-order valence-electron chi connectivity index (χ1n) is 5.98. The Balaban J connectivity index is 0.000000873. The maximum absolute atomic E-state index is 9.77. The van der Waals surface area contributed by atoms with Crippen LogP contribution in [-0.2, 0) is 6.42 Å². The van der Waals surface area contributed by atoms with Crippen LogP contribution in [0.2, 0.25) is 10.0 Å². The van der Waals surface area contributed by atoms with E-state index in [-0.39, 0.29) is 12.8 Å². The largest absolute Gasteiger partial charge is 0.393 e. The van der Waals surface area contributed by atoms with Gasteiger partial charge >= 0.3 is 0 Å². The van der Waals surface area contributed by atoms with Crippen LogP contribution in [0.5, 0.6) is 0 Å². The lowest BCUT2D eigenvalue weighted by molar-refractivity contribution is 0.162. The molecule has 1 atom stereocenters. The monoisotopic (exact) mass is 293 g/mol. The zero-order chi connectivity index (χ0) is 14.0. The minimum absolute atomic E-state index is 0.250. The van der Waals surface area contributed by atoms with Crippen LogP contribution in [0.1, 0.15) is 31.7 Å². The van der Waals surface area contributed by atoms with Crippen molar-refractivity contribution >= 4 is 23.2 Å². The smallest absolute Gasteiger partial charge is 0.0906 e. The molecule has 0 aliphatic carbocycles. The molecular weight excluding hydrogens is 273 g/mol. The minimum Gasteiger partial charge on any atom is -0.393 e. The number of benzene rings is 1. The van der Waals surface area contributed by atoms with Gasteiger partial charge < -0.3 is 15.9 Å². The summed E-state index contributed by atoms with van der Waals surface area (Å²) >= 11 is 12.0. The lowest BCUT2D eigenvalue weighted by atomic mass is 10.0. The van der Waals surface area contributed by atoms with Gasteiger partial charge in [0, 0.05) is 16.5 Å².